The lowest BCUT2D eigenvalue weighted by atomic mass is 9.78. The summed E-state index contributed by atoms with van der Waals surface area (Å²) in [5, 5.41) is 3.03. The van der Waals surface area contributed by atoms with E-state index in [-0.39, 0.29) is 12.2 Å². The molecule has 1 aromatic carbocycles. The first-order valence-electron chi connectivity index (χ1n) is 11.4. The van der Waals surface area contributed by atoms with Gasteiger partial charge in [-0.1, -0.05) is 28.1 Å². The first-order chi connectivity index (χ1) is 16.5. The van der Waals surface area contributed by atoms with E-state index in [0.717, 1.165) is 0 Å². The number of nitrogens with one attached hydrogen (secondary N) is 1. The zero-order valence-electron chi connectivity index (χ0n) is 21.0. The fraction of sp³-hybridized carbons (Fsp3) is 0.560. The second kappa shape index (κ2) is 12.9. The van der Waals surface area contributed by atoms with E-state index in [4.69, 9.17) is 23.7 Å². The van der Waals surface area contributed by atoms with Crippen LogP contribution in [0, 0.1) is 5.92 Å². The van der Waals surface area contributed by atoms with Crippen molar-refractivity contribution in [3.05, 3.63) is 29.8 Å². The third-order valence-electron chi connectivity index (χ3n) is 5.19. The Morgan fingerprint density at radius 2 is 1.94 bits per heavy atom. The SMILES string of the molecule is CCOC(CBr)Oc1c(OC)cccc1C1=CC(=O)CCC1[C@H](NC(=O)OC(C)(C)C)C(=O)OC. The number of carbonyl (C=O) groups is 3. The second-order valence-corrected chi connectivity index (χ2v) is 9.50. The standard InChI is InChI=1S/C25H34BrNO8/c1-7-33-20(14-26)34-22-17(9-8-10-19(22)31-5)18-13-15(28)11-12-16(18)21(23(29)32-6)27-24(30)35-25(2,3)4/h8-10,13,16,20-21H,7,11-12,14H2,1-6H3,(H,27,30)/t16?,20?,21-/m0/s1. The Morgan fingerprint density at radius 1 is 1.23 bits per heavy atom. The van der Waals surface area contributed by atoms with Crippen molar-refractivity contribution in [2.45, 2.75) is 58.5 Å². The highest BCUT2D eigenvalue weighted by atomic mass is 79.9. The van der Waals surface area contributed by atoms with Gasteiger partial charge in [-0.2, -0.15) is 0 Å². The van der Waals surface area contributed by atoms with Crippen LogP contribution in [0.3, 0.4) is 0 Å². The summed E-state index contributed by atoms with van der Waals surface area (Å²) in [6, 6.07) is 4.17. The maximum atomic E-state index is 12.8. The van der Waals surface area contributed by atoms with Crippen molar-refractivity contribution in [1.82, 2.24) is 5.32 Å². The molecule has 1 aliphatic carbocycles. The van der Waals surface area contributed by atoms with E-state index >= 15 is 0 Å². The van der Waals surface area contributed by atoms with Gasteiger partial charge in [0.2, 0.25) is 6.29 Å². The number of esters is 1. The largest absolute Gasteiger partial charge is 0.493 e. The number of carbonyl (C=O) groups excluding carboxylic acids is 3. The number of hydrogen-bond donors (Lipinski definition) is 1. The molecule has 1 aromatic rings. The summed E-state index contributed by atoms with van der Waals surface area (Å²) >= 11 is 3.38. The molecule has 9 nitrogen and oxygen atoms in total. The summed E-state index contributed by atoms with van der Waals surface area (Å²) in [6.07, 6.45) is 0.615. The van der Waals surface area contributed by atoms with Crippen LogP contribution < -0.4 is 14.8 Å². The highest BCUT2D eigenvalue weighted by molar-refractivity contribution is 9.09. The van der Waals surface area contributed by atoms with Crippen LogP contribution in [0.4, 0.5) is 4.79 Å². The summed E-state index contributed by atoms with van der Waals surface area (Å²) in [5.74, 6) is -0.552. The van der Waals surface area contributed by atoms with Gasteiger partial charge in [-0.15, -0.1) is 0 Å². The summed E-state index contributed by atoms with van der Waals surface area (Å²) in [7, 11) is 2.75. The number of alkyl carbamates (subject to hydrolysis) is 1. The smallest absolute Gasteiger partial charge is 0.408 e. The van der Waals surface area contributed by atoms with Crippen molar-refractivity contribution >= 4 is 39.3 Å². The molecular weight excluding hydrogens is 522 g/mol. The molecule has 0 bridgehead atoms. The number of rotatable bonds is 10. The fourth-order valence-electron chi connectivity index (χ4n) is 3.77. The van der Waals surface area contributed by atoms with E-state index in [0.29, 0.717) is 41.0 Å². The van der Waals surface area contributed by atoms with E-state index in [1.807, 2.05) is 6.92 Å². The number of ether oxygens (including phenoxy) is 5. The summed E-state index contributed by atoms with van der Waals surface area (Å²) in [4.78, 5) is 37.9. The third kappa shape index (κ3) is 7.96. The third-order valence-corrected chi connectivity index (χ3v) is 5.71. The van der Waals surface area contributed by atoms with Crippen LogP contribution in [-0.4, -0.2) is 61.9 Å². The summed E-state index contributed by atoms with van der Waals surface area (Å²) in [6.45, 7) is 7.45. The van der Waals surface area contributed by atoms with E-state index in [2.05, 4.69) is 21.2 Å². The lowest BCUT2D eigenvalue weighted by Crippen LogP contribution is -2.49. The van der Waals surface area contributed by atoms with Crippen molar-refractivity contribution in [2.24, 2.45) is 5.92 Å². The lowest BCUT2D eigenvalue weighted by molar-refractivity contribution is -0.144. The van der Waals surface area contributed by atoms with Crippen molar-refractivity contribution in [1.29, 1.82) is 0 Å². The zero-order valence-corrected chi connectivity index (χ0v) is 22.6. The number of para-hydroxylation sites is 1. The molecule has 0 spiro atoms. The van der Waals surface area contributed by atoms with Crippen LogP contribution in [0.15, 0.2) is 24.3 Å². The van der Waals surface area contributed by atoms with Gasteiger partial charge in [-0.3, -0.25) is 4.79 Å². The van der Waals surface area contributed by atoms with Crippen molar-refractivity contribution < 1.29 is 38.1 Å². The summed E-state index contributed by atoms with van der Waals surface area (Å²) < 4.78 is 27.6. The van der Waals surface area contributed by atoms with E-state index in [9.17, 15) is 14.4 Å². The number of benzene rings is 1. The van der Waals surface area contributed by atoms with Crippen molar-refractivity contribution in [3.63, 3.8) is 0 Å². The molecule has 0 saturated carbocycles. The average Bonchev–Trinajstić information content (AvgIpc) is 2.80. The molecule has 2 unspecified atom stereocenters. The molecule has 0 fully saturated rings. The molecule has 0 aromatic heterocycles. The van der Waals surface area contributed by atoms with Crippen LogP contribution in [0.1, 0.15) is 46.1 Å². The topological polar surface area (TPSA) is 109 Å². The highest BCUT2D eigenvalue weighted by Gasteiger charge is 2.38. The first kappa shape index (κ1) is 28.6. The molecule has 0 radical (unpaired) electrons. The number of methoxy groups -OCH3 is 2. The number of halogens is 1. The van der Waals surface area contributed by atoms with Gasteiger partial charge in [0.05, 0.1) is 19.5 Å². The van der Waals surface area contributed by atoms with Gasteiger partial charge in [0.25, 0.3) is 0 Å². The molecule has 1 amide bonds. The molecule has 35 heavy (non-hydrogen) atoms. The van der Waals surface area contributed by atoms with Gasteiger partial charge in [0.15, 0.2) is 17.3 Å². The maximum Gasteiger partial charge on any atom is 0.408 e. The quantitative estimate of drug-likeness (QED) is 0.259. The Bertz CT molecular complexity index is 940. The van der Waals surface area contributed by atoms with Gasteiger partial charge in [0, 0.05) is 24.5 Å². The number of hydrogen-bond acceptors (Lipinski definition) is 8. The van der Waals surface area contributed by atoms with E-state index in [1.54, 1.807) is 39.0 Å². The van der Waals surface area contributed by atoms with Crippen LogP contribution in [0.2, 0.25) is 0 Å². The maximum absolute atomic E-state index is 12.8. The molecule has 1 aliphatic rings. The van der Waals surface area contributed by atoms with Crippen molar-refractivity contribution in [3.8, 4) is 11.5 Å². The average molecular weight is 556 g/mol. The minimum Gasteiger partial charge on any atom is -0.493 e. The number of allylic oxidation sites excluding steroid dienone is 1. The highest BCUT2D eigenvalue weighted by Crippen LogP contribution is 2.43. The Labute approximate surface area is 214 Å². The van der Waals surface area contributed by atoms with Crippen LogP contribution >= 0.6 is 15.9 Å². The Hall–Kier alpha value is -2.59. The molecule has 0 saturated heterocycles. The number of ketones is 1. The van der Waals surface area contributed by atoms with Gasteiger partial charge in [0.1, 0.15) is 11.6 Å². The van der Waals surface area contributed by atoms with Gasteiger partial charge >= 0.3 is 12.1 Å². The Morgan fingerprint density at radius 3 is 2.51 bits per heavy atom. The second-order valence-electron chi connectivity index (χ2n) is 8.85. The molecule has 194 valence electrons. The molecule has 10 heteroatoms. The number of amides is 1. The fourth-order valence-corrected chi connectivity index (χ4v) is 4.09. The minimum absolute atomic E-state index is 0.104. The lowest BCUT2D eigenvalue weighted by Gasteiger charge is -2.32. The Kier molecular flexibility index (Phi) is 10.6. The van der Waals surface area contributed by atoms with Gasteiger partial charge in [-0.05, 0) is 51.8 Å². The normalized spacial score (nSPS) is 17.6. The van der Waals surface area contributed by atoms with Crippen LogP contribution in [0.25, 0.3) is 5.57 Å². The molecule has 0 aliphatic heterocycles. The monoisotopic (exact) mass is 555 g/mol. The zero-order chi connectivity index (χ0) is 26.2. The Balaban J connectivity index is 2.56. The van der Waals surface area contributed by atoms with Crippen LogP contribution in [0.5, 0.6) is 11.5 Å². The molecule has 0 heterocycles. The van der Waals surface area contributed by atoms with E-state index in [1.165, 1.54) is 20.3 Å². The van der Waals surface area contributed by atoms with E-state index < -0.39 is 35.9 Å². The van der Waals surface area contributed by atoms with Crippen molar-refractivity contribution in [2.75, 3.05) is 26.2 Å². The van der Waals surface area contributed by atoms with Gasteiger partial charge < -0.3 is 29.0 Å². The predicted molar refractivity (Wildman–Crippen MR) is 134 cm³/mol. The molecule has 3 atom stereocenters. The summed E-state index contributed by atoms with van der Waals surface area (Å²) in [5.41, 5.74) is 0.309. The van der Waals surface area contributed by atoms with Crippen LogP contribution in [-0.2, 0) is 23.8 Å². The first-order valence-corrected chi connectivity index (χ1v) is 12.5. The van der Waals surface area contributed by atoms with Gasteiger partial charge in [-0.25, -0.2) is 9.59 Å². The molecule has 2 rings (SSSR count). The predicted octanol–water partition coefficient (Wildman–Crippen LogP) is 4.26. The minimum atomic E-state index is -1.09. The molecular formula is C25H34BrNO8. The number of alkyl halides is 1. The molecule has 1 N–H and O–H groups in total.